The predicted octanol–water partition coefficient (Wildman–Crippen LogP) is -0.334. The van der Waals surface area contributed by atoms with Crippen molar-refractivity contribution in [1.29, 1.82) is 0 Å². The molecular weight excluding hydrogens is 108 g/mol. The molecule has 0 aliphatic carbocycles. The van der Waals surface area contributed by atoms with Crippen LogP contribution < -0.4 is 0 Å². The molecule has 0 fully saturated rings. The maximum atomic E-state index is 4.97. The summed E-state index contributed by atoms with van der Waals surface area (Å²) in [6, 6.07) is 0. The van der Waals surface area contributed by atoms with E-state index in [1.165, 1.54) is 0 Å². The van der Waals surface area contributed by atoms with Crippen molar-refractivity contribution in [3.8, 4) is 0 Å². The van der Waals surface area contributed by atoms with Crippen molar-refractivity contribution in [1.82, 2.24) is 0 Å². The first kappa shape index (κ1) is 7.14. The van der Waals surface area contributed by atoms with Gasteiger partial charge in [-0.05, 0) is 6.42 Å². The fourth-order valence-electron chi connectivity index (χ4n) is 0.430. The number of hydrogen-bond acceptors (Lipinski definition) is 2. The summed E-state index contributed by atoms with van der Waals surface area (Å²) in [5, 5.41) is 0. The Bertz CT molecular complexity index is 31.2. The van der Waals surface area contributed by atoms with Crippen molar-refractivity contribution < 1.29 is 9.16 Å². The van der Waals surface area contributed by atoms with E-state index in [2.05, 4.69) is 0 Å². The van der Waals surface area contributed by atoms with E-state index >= 15 is 0 Å². The van der Waals surface area contributed by atoms with Gasteiger partial charge in [0.25, 0.3) is 0 Å². The lowest BCUT2D eigenvalue weighted by Crippen LogP contribution is -2.11. The van der Waals surface area contributed by atoms with E-state index in [4.69, 9.17) is 9.16 Å². The monoisotopic (exact) mass is 120 g/mol. The molecular formula is C4H12O2Si. The van der Waals surface area contributed by atoms with Gasteiger partial charge in [-0.1, -0.05) is 6.92 Å². The Hall–Kier alpha value is 0.137. The second-order valence-electron chi connectivity index (χ2n) is 1.31. The van der Waals surface area contributed by atoms with E-state index in [-0.39, 0.29) is 6.29 Å². The van der Waals surface area contributed by atoms with Crippen LogP contribution in [0.15, 0.2) is 0 Å². The van der Waals surface area contributed by atoms with Crippen LogP contribution in [0.2, 0.25) is 0 Å². The molecule has 0 radical (unpaired) electrons. The Balaban J connectivity index is 2.99. The molecule has 1 atom stereocenters. The van der Waals surface area contributed by atoms with Crippen LogP contribution in [0.25, 0.3) is 0 Å². The molecule has 0 spiro atoms. The topological polar surface area (TPSA) is 18.5 Å². The zero-order valence-corrected chi connectivity index (χ0v) is 7.10. The van der Waals surface area contributed by atoms with Crippen LogP contribution in [0.1, 0.15) is 13.3 Å². The van der Waals surface area contributed by atoms with Crippen LogP contribution in [-0.4, -0.2) is 23.9 Å². The van der Waals surface area contributed by atoms with Crippen LogP contribution in [0.4, 0.5) is 0 Å². The third-order valence-corrected chi connectivity index (χ3v) is 1.38. The number of rotatable bonds is 3. The summed E-state index contributed by atoms with van der Waals surface area (Å²) in [4.78, 5) is 0. The number of ether oxygens (including phenoxy) is 1. The van der Waals surface area contributed by atoms with Gasteiger partial charge in [0.15, 0.2) is 0 Å². The summed E-state index contributed by atoms with van der Waals surface area (Å²) in [6.45, 7) is 2.03. The maximum absolute atomic E-state index is 4.97. The first-order chi connectivity index (χ1) is 3.35. The summed E-state index contributed by atoms with van der Waals surface area (Å²) < 4.78 is 9.83. The highest BCUT2D eigenvalue weighted by atomic mass is 28.2. The van der Waals surface area contributed by atoms with Gasteiger partial charge in [-0.25, -0.2) is 0 Å². The Morgan fingerprint density at radius 1 is 1.71 bits per heavy atom. The van der Waals surface area contributed by atoms with Gasteiger partial charge in [-0.3, -0.25) is 0 Å². The molecule has 7 heavy (non-hydrogen) atoms. The first-order valence-electron chi connectivity index (χ1n) is 2.40. The zero-order valence-electron chi connectivity index (χ0n) is 5.10. The summed E-state index contributed by atoms with van der Waals surface area (Å²) in [5.41, 5.74) is 0. The van der Waals surface area contributed by atoms with Gasteiger partial charge in [0.2, 0.25) is 0 Å². The minimum absolute atomic E-state index is 0.0478. The molecule has 0 heterocycles. The fraction of sp³-hybridized carbons (Fsp3) is 1.00. The van der Waals surface area contributed by atoms with Crippen LogP contribution >= 0.6 is 0 Å². The van der Waals surface area contributed by atoms with Gasteiger partial charge >= 0.3 is 0 Å². The number of hydrogen-bond donors (Lipinski definition) is 0. The largest absolute Gasteiger partial charge is 0.404 e. The molecule has 0 N–H and O–H groups in total. The molecule has 0 saturated heterocycles. The SMILES string of the molecule is CCC(OC)O[SiH3]. The molecule has 2 nitrogen and oxygen atoms in total. The van der Waals surface area contributed by atoms with Crippen LogP contribution in [0.5, 0.6) is 0 Å². The highest BCUT2D eigenvalue weighted by molar-refractivity contribution is 5.98. The molecule has 0 saturated carbocycles. The van der Waals surface area contributed by atoms with Crippen molar-refractivity contribution in [3.63, 3.8) is 0 Å². The Labute approximate surface area is 47.4 Å². The first-order valence-corrected chi connectivity index (χ1v) is 3.22. The third kappa shape index (κ3) is 2.79. The minimum atomic E-state index is 0.0478. The van der Waals surface area contributed by atoms with Gasteiger partial charge in [0.1, 0.15) is 16.8 Å². The van der Waals surface area contributed by atoms with Gasteiger partial charge in [-0.2, -0.15) is 0 Å². The molecule has 44 valence electrons. The van der Waals surface area contributed by atoms with Gasteiger partial charge in [0.05, 0.1) is 0 Å². The molecule has 0 aliphatic rings. The van der Waals surface area contributed by atoms with E-state index in [9.17, 15) is 0 Å². The standard InChI is InChI=1S/C4H12O2Si/c1-3-4(5-2)6-7/h4H,3H2,1-2,7H3. The normalized spacial score (nSPS) is 14.6. The second kappa shape index (κ2) is 4.30. The van der Waals surface area contributed by atoms with E-state index in [0.29, 0.717) is 0 Å². The Morgan fingerprint density at radius 2 is 2.29 bits per heavy atom. The van der Waals surface area contributed by atoms with Crippen molar-refractivity contribution in [2.75, 3.05) is 7.11 Å². The van der Waals surface area contributed by atoms with Crippen LogP contribution in [0.3, 0.4) is 0 Å². The van der Waals surface area contributed by atoms with E-state index in [1.54, 1.807) is 7.11 Å². The third-order valence-electron chi connectivity index (χ3n) is 0.859. The Kier molecular flexibility index (Phi) is 4.38. The average Bonchev–Trinajstić information content (AvgIpc) is 1.72. The highest BCUT2D eigenvalue weighted by Gasteiger charge is 1.95. The lowest BCUT2D eigenvalue weighted by atomic mass is 10.5. The fourth-order valence-corrected chi connectivity index (χ4v) is 0.955. The lowest BCUT2D eigenvalue weighted by molar-refractivity contribution is -0.0503. The minimum Gasteiger partial charge on any atom is -0.404 e. The lowest BCUT2D eigenvalue weighted by Gasteiger charge is -2.09. The van der Waals surface area contributed by atoms with E-state index < -0.39 is 0 Å². The second-order valence-corrected chi connectivity index (χ2v) is 1.78. The number of methoxy groups -OCH3 is 1. The summed E-state index contributed by atoms with van der Waals surface area (Å²) in [6.07, 6.45) is 0.992. The summed E-state index contributed by atoms with van der Waals surface area (Å²) in [7, 11) is 2.43. The van der Waals surface area contributed by atoms with Crippen molar-refractivity contribution >= 4 is 10.5 Å². The molecule has 0 rings (SSSR count). The van der Waals surface area contributed by atoms with Gasteiger partial charge in [-0.15, -0.1) is 0 Å². The molecule has 0 amide bonds. The van der Waals surface area contributed by atoms with Crippen LogP contribution in [0, 0.1) is 0 Å². The molecule has 0 aromatic rings. The summed E-state index contributed by atoms with van der Waals surface area (Å²) in [5.74, 6) is 0. The van der Waals surface area contributed by atoms with E-state index in [1.807, 2.05) is 6.92 Å². The highest BCUT2D eigenvalue weighted by Crippen LogP contribution is 1.92. The molecule has 0 aromatic heterocycles. The quantitative estimate of drug-likeness (QED) is 0.375. The van der Waals surface area contributed by atoms with Gasteiger partial charge < -0.3 is 9.16 Å². The smallest absolute Gasteiger partial charge is 0.149 e. The maximum Gasteiger partial charge on any atom is 0.149 e. The van der Waals surface area contributed by atoms with Crippen molar-refractivity contribution in [3.05, 3.63) is 0 Å². The van der Waals surface area contributed by atoms with Gasteiger partial charge in [0, 0.05) is 7.11 Å². The predicted molar refractivity (Wildman–Crippen MR) is 32.1 cm³/mol. The molecule has 0 aromatic carbocycles. The van der Waals surface area contributed by atoms with Crippen molar-refractivity contribution in [2.45, 2.75) is 19.6 Å². The molecule has 0 aliphatic heterocycles. The van der Waals surface area contributed by atoms with Crippen molar-refractivity contribution in [2.24, 2.45) is 0 Å². The average molecular weight is 120 g/mol. The molecule has 1 unspecified atom stereocenters. The van der Waals surface area contributed by atoms with E-state index in [0.717, 1.165) is 16.9 Å². The zero-order chi connectivity index (χ0) is 5.70. The summed E-state index contributed by atoms with van der Waals surface area (Å²) >= 11 is 0. The Morgan fingerprint density at radius 3 is 2.29 bits per heavy atom. The van der Waals surface area contributed by atoms with Crippen LogP contribution in [-0.2, 0) is 9.16 Å². The molecule has 0 bridgehead atoms. The molecule has 3 heteroatoms.